The van der Waals surface area contributed by atoms with E-state index in [1.165, 1.54) is 19.5 Å². The second-order valence-electron chi connectivity index (χ2n) is 3.13. The van der Waals surface area contributed by atoms with Gasteiger partial charge < -0.3 is 10.0 Å². The van der Waals surface area contributed by atoms with E-state index in [4.69, 9.17) is 5.11 Å². The van der Waals surface area contributed by atoms with Crippen LogP contribution in [-0.4, -0.2) is 41.5 Å². The molecule has 1 aliphatic rings. The predicted octanol–water partition coefficient (Wildman–Crippen LogP) is 0.702. The summed E-state index contributed by atoms with van der Waals surface area (Å²) in [6, 6.07) is 0. The summed E-state index contributed by atoms with van der Waals surface area (Å²) in [5, 5.41) is 10.2. The topological polar surface area (TPSA) is 57.6 Å². The average Bonchev–Trinajstić information content (AvgIpc) is 2.46. The first-order valence-corrected chi connectivity index (χ1v) is 4.79. The normalized spacial score (nSPS) is 30.4. The first-order chi connectivity index (χ1) is 6.43. The fourth-order valence-corrected chi connectivity index (χ4v) is 2.12. The summed E-state index contributed by atoms with van der Waals surface area (Å²) in [4.78, 5) is 23.6. The zero-order chi connectivity index (χ0) is 10.9. The molecule has 1 rings (SSSR count). The van der Waals surface area contributed by atoms with Gasteiger partial charge in [-0.1, -0.05) is 11.8 Å². The third-order valence-electron chi connectivity index (χ3n) is 2.00. The van der Waals surface area contributed by atoms with Crippen LogP contribution in [0.3, 0.4) is 0 Å². The molecule has 1 aliphatic heterocycles. The first kappa shape index (κ1) is 11.0. The lowest BCUT2D eigenvalue weighted by molar-refractivity contribution is -0.157. The average molecular weight is 219 g/mol. The second kappa shape index (κ2) is 3.61. The van der Waals surface area contributed by atoms with E-state index < -0.39 is 22.8 Å². The quantitative estimate of drug-likeness (QED) is 0.695. The number of hydrogen-bond donors (Lipinski definition) is 1. The number of carboxylic acids is 1. The van der Waals surface area contributed by atoms with Gasteiger partial charge in [-0.25, -0.2) is 4.39 Å². The summed E-state index contributed by atoms with van der Waals surface area (Å²) in [7, 11) is 2.80. The summed E-state index contributed by atoms with van der Waals surface area (Å²) < 4.78 is 13.4. The van der Waals surface area contributed by atoms with Gasteiger partial charge in [-0.05, 0) is 11.5 Å². The van der Waals surface area contributed by atoms with Crippen molar-refractivity contribution in [3.63, 3.8) is 0 Å². The maximum Gasteiger partial charge on any atom is 0.327 e. The summed E-state index contributed by atoms with van der Waals surface area (Å²) in [6.45, 7) is 0. The zero-order valence-electron chi connectivity index (χ0n) is 7.73. The highest BCUT2D eigenvalue weighted by atomic mass is 32.2. The van der Waals surface area contributed by atoms with Gasteiger partial charge in [0.2, 0.25) is 11.3 Å². The Kier molecular flexibility index (Phi) is 2.84. The minimum atomic E-state index is -2.05. The zero-order valence-corrected chi connectivity index (χ0v) is 8.55. The molecule has 2 unspecified atom stereocenters. The minimum absolute atomic E-state index is 0.703. The van der Waals surface area contributed by atoms with Crippen molar-refractivity contribution in [3.05, 3.63) is 11.5 Å². The van der Waals surface area contributed by atoms with Gasteiger partial charge in [-0.15, -0.1) is 0 Å². The molecule has 0 spiro atoms. The number of hydrogen-bond acceptors (Lipinski definition) is 3. The van der Waals surface area contributed by atoms with Crippen molar-refractivity contribution in [2.24, 2.45) is 5.41 Å². The van der Waals surface area contributed by atoms with Gasteiger partial charge in [0.15, 0.2) is 5.50 Å². The molecule has 0 aliphatic carbocycles. The molecule has 4 nitrogen and oxygen atoms in total. The van der Waals surface area contributed by atoms with E-state index in [-0.39, 0.29) is 0 Å². The molecule has 2 atom stereocenters. The smallest absolute Gasteiger partial charge is 0.327 e. The summed E-state index contributed by atoms with van der Waals surface area (Å²) >= 11 is 0.703. The van der Waals surface area contributed by atoms with Crippen molar-refractivity contribution in [3.8, 4) is 0 Å². The molecule has 0 fully saturated rings. The van der Waals surface area contributed by atoms with E-state index >= 15 is 0 Å². The van der Waals surface area contributed by atoms with Gasteiger partial charge in [0.05, 0.1) is 0 Å². The highest BCUT2D eigenvalue weighted by molar-refractivity contribution is 8.02. The van der Waals surface area contributed by atoms with E-state index in [2.05, 4.69) is 0 Å². The molecule has 0 aromatic carbocycles. The minimum Gasteiger partial charge on any atom is -0.480 e. The lowest BCUT2D eigenvalue weighted by Gasteiger charge is -2.26. The van der Waals surface area contributed by atoms with E-state index in [0.717, 1.165) is 11.0 Å². The number of amides is 1. The Balaban J connectivity index is 3.12. The fourth-order valence-electron chi connectivity index (χ4n) is 1.20. The molecule has 14 heavy (non-hydrogen) atoms. The second-order valence-corrected chi connectivity index (χ2v) is 4.09. The number of carbonyl (C=O) groups excluding carboxylic acids is 1. The van der Waals surface area contributed by atoms with E-state index in [1.54, 1.807) is 0 Å². The van der Waals surface area contributed by atoms with Crippen LogP contribution in [0.5, 0.6) is 0 Å². The SMILES string of the molecule is CN(C)C(=O)C1(C(=O)O)C=CSC1F. The molecule has 78 valence electrons. The Hall–Kier alpha value is -1.04. The van der Waals surface area contributed by atoms with Gasteiger partial charge in [0.25, 0.3) is 0 Å². The molecule has 0 saturated heterocycles. The Bertz CT molecular complexity index is 305. The van der Waals surface area contributed by atoms with Gasteiger partial charge in [0, 0.05) is 14.1 Å². The monoisotopic (exact) mass is 219 g/mol. The molecular formula is C8H10FNO3S. The third-order valence-corrected chi connectivity index (χ3v) is 2.90. The van der Waals surface area contributed by atoms with Gasteiger partial charge in [-0.2, -0.15) is 0 Å². The van der Waals surface area contributed by atoms with E-state index in [0.29, 0.717) is 11.8 Å². The van der Waals surface area contributed by atoms with Crippen LogP contribution in [0.15, 0.2) is 11.5 Å². The standard InChI is InChI=1S/C8H10FNO3S/c1-10(2)6(11)8(7(12)13)3-4-14-5(8)9/h3-5H,1-2H3,(H,12,13). The lowest BCUT2D eigenvalue weighted by atomic mass is 9.88. The van der Waals surface area contributed by atoms with Crippen molar-refractivity contribution in [2.45, 2.75) is 5.50 Å². The molecule has 0 aromatic heterocycles. The van der Waals surface area contributed by atoms with Crippen LogP contribution < -0.4 is 0 Å². The van der Waals surface area contributed by atoms with Crippen LogP contribution in [0.1, 0.15) is 0 Å². The van der Waals surface area contributed by atoms with Crippen molar-refractivity contribution < 1.29 is 19.1 Å². The fraction of sp³-hybridized carbons (Fsp3) is 0.500. The van der Waals surface area contributed by atoms with E-state index in [9.17, 15) is 14.0 Å². The molecular weight excluding hydrogens is 209 g/mol. The van der Waals surface area contributed by atoms with Crippen LogP contribution >= 0.6 is 11.8 Å². The Morgan fingerprint density at radius 2 is 2.14 bits per heavy atom. The molecule has 1 N–H and O–H groups in total. The highest BCUT2D eigenvalue weighted by Crippen LogP contribution is 2.42. The first-order valence-electron chi connectivity index (χ1n) is 3.85. The van der Waals surface area contributed by atoms with Crippen LogP contribution in [-0.2, 0) is 9.59 Å². The van der Waals surface area contributed by atoms with Crippen molar-refractivity contribution in [1.29, 1.82) is 0 Å². The maximum absolute atomic E-state index is 13.4. The Morgan fingerprint density at radius 3 is 2.43 bits per heavy atom. The summed E-state index contributed by atoms with van der Waals surface area (Å²) in [5.41, 5.74) is -3.80. The van der Waals surface area contributed by atoms with Gasteiger partial charge in [0.1, 0.15) is 0 Å². The predicted molar refractivity (Wildman–Crippen MR) is 50.4 cm³/mol. The molecule has 0 radical (unpaired) electrons. The third kappa shape index (κ3) is 1.39. The van der Waals surface area contributed by atoms with E-state index in [1.807, 2.05) is 0 Å². The molecule has 1 heterocycles. The van der Waals surface area contributed by atoms with Crippen molar-refractivity contribution in [1.82, 2.24) is 4.90 Å². The van der Waals surface area contributed by atoms with Crippen LogP contribution in [0.2, 0.25) is 0 Å². The Morgan fingerprint density at radius 1 is 1.57 bits per heavy atom. The number of thioether (sulfide) groups is 1. The molecule has 6 heteroatoms. The van der Waals surface area contributed by atoms with Crippen molar-refractivity contribution in [2.75, 3.05) is 14.1 Å². The van der Waals surface area contributed by atoms with Gasteiger partial charge in [-0.3, -0.25) is 9.59 Å². The Labute approximate surface area is 84.8 Å². The number of alkyl halides is 1. The van der Waals surface area contributed by atoms with Crippen LogP contribution in [0.25, 0.3) is 0 Å². The van der Waals surface area contributed by atoms with Gasteiger partial charge >= 0.3 is 5.97 Å². The molecule has 0 bridgehead atoms. The molecule has 0 saturated carbocycles. The number of carbonyl (C=O) groups is 2. The number of halogens is 1. The van der Waals surface area contributed by atoms with Crippen molar-refractivity contribution >= 4 is 23.6 Å². The largest absolute Gasteiger partial charge is 0.480 e. The maximum atomic E-state index is 13.4. The highest BCUT2D eigenvalue weighted by Gasteiger charge is 2.55. The number of rotatable bonds is 2. The van der Waals surface area contributed by atoms with Crippen LogP contribution in [0, 0.1) is 5.41 Å². The molecule has 0 aromatic rings. The summed E-state index contributed by atoms with van der Waals surface area (Å²) in [5.74, 6) is -2.20. The summed E-state index contributed by atoms with van der Waals surface area (Å²) in [6.07, 6.45) is 1.10. The lowest BCUT2D eigenvalue weighted by Crippen LogP contribution is -2.48. The van der Waals surface area contributed by atoms with Crippen LogP contribution in [0.4, 0.5) is 4.39 Å². The number of carboxylic acid groups (broad SMARTS) is 1. The molecule has 1 amide bonds. The number of aliphatic carboxylic acids is 1. The number of nitrogens with zero attached hydrogens (tertiary/aromatic N) is 1.